The molecule has 0 bridgehead atoms. The first-order chi connectivity index (χ1) is 11.2. The van der Waals surface area contributed by atoms with Gasteiger partial charge in [-0.2, -0.15) is 8.42 Å². The first-order valence-electron chi connectivity index (χ1n) is 7.15. The van der Waals surface area contributed by atoms with E-state index in [1.54, 1.807) is 0 Å². The van der Waals surface area contributed by atoms with Crippen LogP contribution in [0.3, 0.4) is 0 Å². The van der Waals surface area contributed by atoms with Crippen LogP contribution in [0.5, 0.6) is 0 Å². The van der Waals surface area contributed by atoms with Gasteiger partial charge in [-0.25, -0.2) is 4.79 Å². The number of β-amino-alcohol motifs (C(OH)–C–C–N with tert-alkyl or cyclic N) is 1. The third-order valence-electron chi connectivity index (χ3n) is 3.38. The first kappa shape index (κ1) is 18.2. The average Bonchev–Trinajstić information content (AvgIpc) is 2.85. The lowest BCUT2D eigenvalue weighted by Crippen LogP contribution is -2.43. The summed E-state index contributed by atoms with van der Waals surface area (Å²) in [4.78, 5) is 24.6. The Kier molecular flexibility index (Phi) is 5.75. The number of alkyl carbamates (subject to hydrolysis) is 1. The second kappa shape index (κ2) is 7.60. The molecule has 1 saturated heterocycles. The smallest absolute Gasteiger partial charge is 0.409 e. The number of ether oxygens (including phenoxy) is 1. The molecule has 0 aliphatic carbocycles. The second-order valence-electron chi connectivity index (χ2n) is 5.36. The van der Waals surface area contributed by atoms with Gasteiger partial charge in [0.25, 0.3) is 10.1 Å². The predicted molar refractivity (Wildman–Crippen MR) is 82.3 cm³/mol. The molecule has 0 aromatic heterocycles. The molecule has 2 atom stereocenters. The molecular formula is C14H18N2O7S. The highest BCUT2D eigenvalue weighted by atomic mass is 32.2. The van der Waals surface area contributed by atoms with Crippen molar-refractivity contribution in [2.75, 3.05) is 12.3 Å². The number of nitrogens with one attached hydrogen (secondary N) is 1. The fourth-order valence-corrected chi connectivity index (χ4v) is 2.81. The van der Waals surface area contributed by atoms with E-state index in [2.05, 4.69) is 5.32 Å². The maximum Gasteiger partial charge on any atom is 0.409 e. The fraction of sp³-hybridized carbons (Fsp3) is 0.429. The summed E-state index contributed by atoms with van der Waals surface area (Å²) in [5, 5.41) is 12.1. The van der Waals surface area contributed by atoms with Gasteiger partial charge in [-0.05, 0) is 5.56 Å². The van der Waals surface area contributed by atoms with Crippen LogP contribution in [0.1, 0.15) is 12.0 Å². The largest absolute Gasteiger partial charge is 0.425 e. The Morgan fingerprint density at radius 2 is 1.96 bits per heavy atom. The maximum absolute atomic E-state index is 11.8. The molecule has 132 valence electrons. The van der Waals surface area contributed by atoms with E-state index in [1.165, 1.54) is 0 Å². The molecule has 2 amide bonds. The molecule has 9 nitrogen and oxygen atoms in total. The summed E-state index contributed by atoms with van der Waals surface area (Å²) in [6.45, 7) is 0.0406. The van der Waals surface area contributed by atoms with Gasteiger partial charge < -0.3 is 20.1 Å². The van der Waals surface area contributed by atoms with Crippen molar-refractivity contribution in [3.05, 3.63) is 35.9 Å². The van der Waals surface area contributed by atoms with Crippen LogP contribution in [0.4, 0.5) is 4.79 Å². The predicted octanol–water partition coefficient (Wildman–Crippen LogP) is -0.280. The zero-order valence-corrected chi connectivity index (χ0v) is 13.5. The fourth-order valence-electron chi connectivity index (χ4n) is 2.33. The minimum atomic E-state index is -4.51. The standard InChI is InChI=1S/C14H18N2O7S/c17-11-6-13(16(8-11)12(18)9-24(20,21)22)23-14(19)15-7-10-4-2-1-3-5-10/h1-5,11,13,17H,6-9H2,(H,15,19)(H,20,21,22)/t11-,13-/m1/s1. The molecule has 1 aromatic rings. The molecule has 0 saturated carbocycles. The Morgan fingerprint density at radius 1 is 1.29 bits per heavy atom. The second-order valence-corrected chi connectivity index (χ2v) is 6.81. The highest BCUT2D eigenvalue weighted by Crippen LogP contribution is 2.19. The van der Waals surface area contributed by atoms with Crippen molar-refractivity contribution in [2.45, 2.75) is 25.3 Å². The summed E-state index contributed by atoms with van der Waals surface area (Å²) >= 11 is 0. The maximum atomic E-state index is 11.8. The summed E-state index contributed by atoms with van der Waals surface area (Å²) in [5.41, 5.74) is 0.847. The number of hydrogen-bond acceptors (Lipinski definition) is 6. The Balaban J connectivity index is 1.91. The third kappa shape index (κ3) is 5.48. The molecule has 0 unspecified atom stereocenters. The molecule has 1 aromatic carbocycles. The average molecular weight is 358 g/mol. The number of aliphatic hydroxyl groups excluding tert-OH is 1. The number of nitrogens with zero attached hydrogens (tertiary/aromatic N) is 1. The lowest BCUT2D eigenvalue weighted by molar-refractivity contribution is -0.135. The summed E-state index contributed by atoms with van der Waals surface area (Å²) < 4.78 is 35.4. The van der Waals surface area contributed by atoms with Gasteiger partial charge in [-0.1, -0.05) is 30.3 Å². The lowest BCUT2D eigenvalue weighted by Gasteiger charge is -2.23. The van der Waals surface area contributed by atoms with E-state index < -0.39 is 40.2 Å². The van der Waals surface area contributed by atoms with Gasteiger partial charge in [0.05, 0.1) is 12.6 Å². The van der Waals surface area contributed by atoms with E-state index >= 15 is 0 Å². The normalized spacial score (nSPS) is 20.7. The van der Waals surface area contributed by atoms with Crippen LogP contribution >= 0.6 is 0 Å². The number of rotatable bonds is 5. The van der Waals surface area contributed by atoms with Gasteiger partial charge in [0.2, 0.25) is 5.91 Å². The van der Waals surface area contributed by atoms with E-state index in [1.807, 2.05) is 30.3 Å². The van der Waals surface area contributed by atoms with E-state index in [0.717, 1.165) is 10.5 Å². The monoisotopic (exact) mass is 358 g/mol. The Labute approximate surface area is 139 Å². The number of aliphatic hydroxyl groups is 1. The van der Waals surface area contributed by atoms with Crippen LogP contribution in [0, 0.1) is 0 Å². The van der Waals surface area contributed by atoms with Crippen molar-refractivity contribution in [1.82, 2.24) is 10.2 Å². The van der Waals surface area contributed by atoms with Crippen LogP contribution in [-0.2, 0) is 26.2 Å². The van der Waals surface area contributed by atoms with Gasteiger partial charge in [-0.15, -0.1) is 0 Å². The molecule has 1 aliphatic rings. The van der Waals surface area contributed by atoms with Crippen LogP contribution < -0.4 is 5.32 Å². The highest BCUT2D eigenvalue weighted by molar-refractivity contribution is 7.86. The molecule has 1 fully saturated rings. The van der Waals surface area contributed by atoms with E-state index in [4.69, 9.17) is 9.29 Å². The van der Waals surface area contributed by atoms with Gasteiger partial charge in [0, 0.05) is 13.0 Å². The van der Waals surface area contributed by atoms with Gasteiger partial charge in [-0.3, -0.25) is 9.35 Å². The van der Waals surface area contributed by atoms with Crippen molar-refractivity contribution in [3.8, 4) is 0 Å². The summed E-state index contributed by atoms with van der Waals surface area (Å²) in [6, 6.07) is 9.07. The van der Waals surface area contributed by atoms with E-state index in [0.29, 0.717) is 0 Å². The summed E-state index contributed by atoms with van der Waals surface area (Å²) in [5.74, 6) is -2.08. The molecule has 10 heteroatoms. The van der Waals surface area contributed by atoms with Crippen molar-refractivity contribution in [3.63, 3.8) is 0 Å². The quantitative estimate of drug-likeness (QED) is 0.616. The van der Waals surface area contributed by atoms with Crippen LogP contribution in [-0.4, -0.2) is 59.6 Å². The number of amides is 2. The zero-order valence-electron chi connectivity index (χ0n) is 12.7. The Hall–Kier alpha value is -2.17. The van der Waals surface area contributed by atoms with Gasteiger partial charge in [0.1, 0.15) is 0 Å². The van der Waals surface area contributed by atoms with Crippen molar-refractivity contribution in [1.29, 1.82) is 0 Å². The molecule has 1 aliphatic heterocycles. The number of benzene rings is 1. The number of carbonyl (C=O) groups is 2. The minimum Gasteiger partial charge on any atom is -0.425 e. The van der Waals surface area contributed by atoms with Crippen molar-refractivity contribution >= 4 is 22.1 Å². The topological polar surface area (TPSA) is 133 Å². The highest BCUT2D eigenvalue weighted by Gasteiger charge is 2.38. The Morgan fingerprint density at radius 3 is 2.58 bits per heavy atom. The Bertz CT molecular complexity index is 692. The molecule has 0 spiro atoms. The number of carbonyl (C=O) groups excluding carboxylic acids is 2. The van der Waals surface area contributed by atoms with Crippen LogP contribution in [0.2, 0.25) is 0 Å². The van der Waals surface area contributed by atoms with E-state index in [-0.39, 0.29) is 19.5 Å². The molecule has 1 heterocycles. The summed E-state index contributed by atoms with van der Waals surface area (Å²) in [7, 11) is -4.51. The molecule has 0 radical (unpaired) electrons. The zero-order chi connectivity index (χ0) is 17.7. The third-order valence-corrected chi connectivity index (χ3v) is 3.99. The van der Waals surface area contributed by atoms with Crippen molar-refractivity contribution < 1.29 is 32.4 Å². The molecule has 2 rings (SSSR count). The van der Waals surface area contributed by atoms with Gasteiger partial charge >= 0.3 is 6.09 Å². The lowest BCUT2D eigenvalue weighted by atomic mass is 10.2. The first-order valence-corrected chi connectivity index (χ1v) is 8.76. The SMILES string of the molecule is O=C(NCc1ccccc1)O[C@@H]1C[C@@H](O)CN1C(=O)CS(=O)(=O)O. The van der Waals surface area contributed by atoms with Crippen LogP contribution in [0.25, 0.3) is 0 Å². The number of likely N-dealkylation sites (tertiary alicyclic amines) is 1. The molecular weight excluding hydrogens is 340 g/mol. The van der Waals surface area contributed by atoms with Crippen molar-refractivity contribution in [2.24, 2.45) is 0 Å². The van der Waals surface area contributed by atoms with E-state index in [9.17, 15) is 23.1 Å². The minimum absolute atomic E-state index is 0.0318. The van der Waals surface area contributed by atoms with Gasteiger partial charge in [0.15, 0.2) is 12.0 Å². The molecule has 24 heavy (non-hydrogen) atoms. The molecule has 3 N–H and O–H groups in total. The summed E-state index contributed by atoms with van der Waals surface area (Å²) in [6.07, 6.45) is -2.87. The number of hydrogen-bond donors (Lipinski definition) is 3. The van der Waals surface area contributed by atoms with Crippen LogP contribution in [0.15, 0.2) is 30.3 Å².